The molecule has 1 aliphatic rings. The number of non-ortho nitro benzene ring substituents is 1. The second kappa shape index (κ2) is 16.4. The van der Waals surface area contributed by atoms with Gasteiger partial charge in [0.1, 0.15) is 12.4 Å². The first-order valence-corrected chi connectivity index (χ1v) is 14.8. The van der Waals surface area contributed by atoms with Crippen molar-refractivity contribution in [3.05, 3.63) is 117 Å². The third kappa shape index (κ3) is 8.96. The summed E-state index contributed by atoms with van der Waals surface area (Å²) in [6, 6.07) is 15.1. The van der Waals surface area contributed by atoms with Crippen LogP contribution in [-0.4, -0.2) is 49.4 Å². The summed E-state index contributed by atoms with van der Waals surface area (Å²) in [5, 5.41) is 20.2. The van der Waals surface area contributed by atoms with Gasteiger partial charge in [-0.3, -0.25) is 14.9 Å². The normalized spacial score (nSPS) is 14.1. The smallest absolute Gasteiger partial charge is 0.338 e. The highest BCUT2D eigenvalue weighted by Crippen LogP contribution is 2.34. The van der Waals surface area contributed by atoms with Crippen molar-refractivity contribution in [2.45, 2.75) is 32.9 Å². The fourth-order valence-electron chi connectivity index (χ4n) is 4.77. The third-order valence-corrected chi connectivity index (χ3v) is 7.04. The second-order valence-electron chi connectivity index (χ2n) is 10.4. The van der Waals surface area contributed by atoms with Gasteiger partial charge < -0.3 is 29.6 Å². The fraction of sp³-hybridized carbons (Fsp3) is 0.235. The van der Waals surface area contributed by atoms with Crippen molar-refractivity contribution in [2.24, 2.45) is 5.10 Å². The molecule has 1 atom stereocenters. The summed E-state index contributed by atoms with van der Waals surface area (Å²) in [7, 11) is 1.43. The van der Waals surface area contributed by atoms with Gasteiger partial charge in [0.25, 0.3) is 11.6 Å². The number of nitro benzene ring substituents is 1. The summed E-state index contributed by atoms with van der Waals surface area (Å²) in [6.45, 7) is 7.12. The Kier molecular flexibility index (Phi) is 11.9. The molecular weight excluding hydrogens is 622 g/mol. The number of nitrogens with zero attached hydrogens (tertiary/aromatic N) is 2. The maximum atomic E-state index is 12.6. The second-order valence-corrected chi connectivity index (χ2v) is 10.4. The number of hydrogen-bond acceptors (Lipinski definition) is 10. The van der Waals surface area contributed by atoms with E-state index < -0.39 is 28.9 Å². The summed E-state index contributed by atoms with van der Waals surface area (Å²) >= 11 is 0. The van der Waals surface area contributed by atoms with E-state index in [1.54, 1.807) is 62.4 Å². The average molecular weight is 658 g/mol. The van der Waals surface area contributed by atoms with Crippen molar-refractivity contribution in [3.8, 4) is 17.2 Å². The minimum absolute atomic E-state index is 0.00664. The summed E-state index contributed by atoms with van der Waals surface area (Å²) in [4.78, 5) is 47.7. The predicted octanol–water partition coefficient (Wildman–Crippen LogP) is 4.63. The zero-order chi connectivity index (χ0) is 34.6. The van der Waals surface area contributed by atoms with E-state index in [9.17, 15) is 24.5 Å². The number of esters is 1. The molecule has 0 saturated heterocycles. The van der Waals surface area contributed by atoms with Crippen LogP contribution in [0.25, 0.3) is 0 Å². The lowest BCUT2D eigenvalue weighted by atomic mass is 9.95. The van der Waals surface area contributed by atoms with Crippen molar-refractivity contribution in [2.75, 3.05) is 20.3 Å². The van der Waals surface area contributed by atoms with Gasteiger partial charge in [-0.15, -0.1) is 6.58 Å². The zero-order valence-electron chi connectivity index (χ0n) is 26.6. The Morgan fingerprint density at radius 3 is 2.50 bits per heavy atom. The van der Waals surface area contributed by atoms with Crippen LogP contribution in [0.4, 0.5) is 10.5 Å². The predicted molar refractivity (Wildman–Crippen MR) is 176 cm³/mol. The van der Waals surface area contributed by atoms with Crippen LogP contribution in [0, 0.1) is 10.1 Å². The first-order valence-electron chi connectivity index (χ1n) is 14.8. The maximum absolute atomic E-state index is 12.6. The molecule has 0 aliphatic carbocycles. The minimum atomic E-state index is -0.791. The number of nitrogens with one attached hydrogen (secondary N) is 3. The molecule has 250 valence electrons. The number of rotatable bonds is 15. The molecule has 3 aromatic carbocycles. The highest BCUT2D eigenvalue weighted by atomic mass is 16.6. The number of carbonyl (C=O) groups is 3. The van der Waals surface area contributed by atoms with Gasteiger partial charge in [0.15, 0.2) is 18.1 Å². The van der Waals surface area contributed by atoms with Crippen molar-refractivity contribution >= 4 is 29.8 Å². The number of amides is 3. The summed E-state index contributed by atoms with van der Waals surface area (Å²) < 4.78 is 22.2. The number of nitro groups is 1. The number of benzene rings is 3. The first-order chi connectivity index (χ1) is 23.1. The molecular formula is C34H35N5O9. The summed E-state index contributed by atoms with van der Waals surface area (Å²) in [6.07, 6.45) is 3.72. The monoisotopic (exact) mass is 657 g/mol. The van der Waals surface area contributed by atoms with Gasteiger partial charge in [0.05, 0.1) is 36.5 Å². The van der Waals surface area contributed by atoms with Crippen LogP contribution in [0.2, 0.25) is 0 Å². The third-order valence-electron chi connectivity index (χ3n) is 7.04. The topological polar surface area (TPSA) is 180 Å². The highest BCUT2D eigenvalue weighted by Gasteiger charge is 2.32. The molecule has 0 aromatic heterocycles. The molecule has 3 aromatic rings. The van der Waals surface area contributed by atoms with Crippen LogP contribution in [0.5, 0.6) is 17.2 Å². The molecule has 4 rings (SSSR count). The Hall–Kier alpha value is -6.18. The number of hydrazone groups is 1. The van der Waals surface area contributed by atoms with Crippen LogP contribution in [-0.2, 0) is 27.4 Å². The quantitative estimate of drug-likeness (QED) is 0.0691. The number of urea groups is 1. The maximum Gasteiger partial charge on any atom is 0.338 e. The molecule has 14 heteroatoms. The molecule has 0 unspecified atom stereocenters. The van der Waals surface area contributed by atoms with Crippen LogP contribution >= 0.6 is 0 Å². The van der Waals surface area contributed by atoms with Crippen molar-refractivity contribution in [1.29, 1.82) is 0 Å². The van der Waals surface area contributed by atoms with Crippen molar-refractivity contribution in [3.63, 3.8) is 0 Å². The Morgan fingerprint density at radius 1 is 1.06 bits per heavy atom. The van der Waals surface area contributed by atoms with Crippen LogP contribution in [0.15, 0.2) is 89.7 Å². The lowest BCUT2D eigenvalue weighted by molar-refractivity contribution is -0.384. The number of hydrogen-bond donors (Lipinski definition) is 3. The average Bonchev–Trinajstić information content (AvgIpc) is 3.07. The van der Waals surface area contributed by atoms with E-state index in [0.717, 1.165) is 11.1 Å². The molecule has 0 spiro atoms. The van der Waals surface area contributed by atoms with E-state index in [4.69, 9.17) is 18.9 Å². The number of methoxy groups -OCH3 is 1. The first kappa shape index (κ1) is 34.7. The molecule has 3 N–H and O–H groups in total. The van der Waals surface area contributed by atoms with Gasteiger partial charge in [0, 0.05) is 17.8 Å². The van der Waals surface area contributed by atoms with Gasteiger partial charge in [-0.05, 0) is 85.0 Å². The SMILES string of the molecule is C=CCc1cc(/C=N\NC(=O)COc2ccc([C@H]3NC(=O)NC(C)=C3C(=O)OCC)cc2OC)ccc1OCc1ccc([N+](=O)[O-])cc1. The molecule has 14 nitrogen and oxygen atoms in total. The van der Waals surface area contributed by atoms with Gasteiger partial charge in [-0.1, -0.05) is 12.1 Å². The van der Waals surface area contributed by atoms with E-state index in [0.29, 0.717) is 29.0 Å². The van der Waals surface area contributed by atoms with Crippen molar-refractivity contribution in [1.82, 2.24) is 16.1 Å². The van der Waals surface area contributed by atoms with E-state index in [1.165, 1.54) is 25.5 Å². The molecule has 0 radical (unpaired) electrons. The van der Waals surface area contributed by atoms with E-state index >= 15 is 0 Å². The van der Waals surface area contributed by atoms with E-state index in [2.05, 4.69) is 27.7 Å². The van der Waals surface area contributed by atoms with E-state index in [-0.39, 0.29) is 42.6 Å². The molecule has 1 aliphatic heterocycles. The summed E-state index contributed by atoms with van der Waals surface area (Å²) in [5.74, 6) is 0.0690. The Balaban J connectivity index is 1.35. The lowest BCUT2D eigenvalue weighted by Crippen LogP contribution is -2.45. The molecule has 3 amide bonds. The fourth-order valence-corrected chi connectivity index (χ4v) is 4.77. The Morgan fingerprint density at radius 2 is 1.81 bits per heavy atom. The van der Waals surface area contributed by atoms with Gasteiger partial charge in [-0.2, -0.15) is 5.10 Å². The minimum Gasteiger partial charge on any atom is -0.493 e. The van der Waals surface area contributed by atoms with Gasteiger partial charge in [-0.25, -0.2) is 15.0 Å². The van der Waals surface area contributed by atoms with Gasteiger partial charge in [0.2, 0.25) is 0 Å². The van der Waals surface area contributed by atoms with Crippen LogP contribution in [0.1, 0.15) is 42.1 Å². The largest absolute Gasteiger partial charge is 0.493 e. The zero-order valence-corrected chi connectivity index (χ0v) is 26.6. The molecule has 0 fully saturated rings. The lowest BCUT2D eigenvalue weighted by Gasteiger charge is -2.28. The van der Waals surface area contributed by atoms with E-state index in [1.807, 2.05) is 6.07 Å². The Labute approximate surface area is 276 Å². The van der Waals surface area contributed by atoms with Gasteiger partial charge >= 0.3 is 12.0 Å². The highest BCUT2D eigenvalue weighted by molar-refractivity contribution is 5.95. The standard InChI is InChI=1S/C34H35N5O9/c1-5-7-24-16-23(10-14-27(24)47-19-22-8-12-26(13-9-22)39(43)44)18-35-38-30(40)20-48-28-15-11-25(17-29(28)45-4)32-31(33(41)46-6-2)21(3)36-34(42)37-32/h5,8-18,32H,1,6-7,19-20H2,2-4H3,(H,38,40)(H2,36,37,42)/b35-18-/t32-/m1/s1. The number of ether oxygens (including phenoxy) is 4. The molecule has 48 heavy (non-hydrogen) atoms. The van der Waals surface area contributed by atoms with Crippen molar-refractivity contribution < 1.29 is 38.3 Å². The molecule has 0 bridgehead atoms. The van der Waals surface area contributed by atoms with Crippen LogP contribution in [0.3, 0.4) is 0 Å². The number of allylic oxidation sites excluding steroid dienone is 2. The number of carbonyl (C=O) groups excluding carboxylic acids is 3. The molecule has 1 heterocycles. The van der Waals surface area contributed by atoms with Crippen LogP contribution < -0.4 is 30.3 Å². The molecule has 0 saturated carbocycles. The Bertz CT molecular complexity index is 1750. The summed E-state index contributed by atoms with van der Waals surface area (Å²) in [5.41, 5.74) is 5.92.